The fourth-order valence-electron chi connectivity index (χ4n) is 3.42. The van der Waals surface area contributed by atoms with E-state index in [9.17, 15) is 9.59 Å². The lowest BCUT2D eigenvalue weighted by Crippen LogP contribution is -2.42. The molecular formula is C22H28N2O4. The Bertz CT molecular complexity index is 865. The minimum Gasteiger partial charge on any atom is -0.497 e. The van der Waals surface area contributed by atoms with E-state index in [-0.39, 0.29) is 17.6 Å². The van der Waals surface area contributed by atoms with Crippen LogP contribution >= 0.6 is 0 Å². The van der Waals surface area contributed by atoms with Gasteiger partial charge < -0.3 is 18.9 Å². The van der Waals surface area contributed by atoms with E-state index >= 15 is 0 Å². The summed E-state index contributed by atoms with van der Waals surface area (Å²) in [7, 11) is 3.39. The second-order valence-electron chi connectivity index (χ2n) is 7.28. The highest BCUT2D eigenvalue weighted by molar-refractivity contribution is 5.76. The quantitative estimate of drug-likeness (QED) is 0.768. The number of amides is 1. The highest BCUT2D eigenvalue weighted by Crippen LogP contribution is 2.20. The number of ether oxygens (including phenoxy) is 2. The Morgan fingerprint density at radius 1 is 1.11 bits per heavy atom. The SMILES string of the molecule is COc1ccc(CCC(=O)N2CCC(Oc3cc(C)n(C)c(=O)c3)CC2)cc1. The fraction of sp³-hybridized carbons (Fsp3) is 0.455. The summed E-state index contributed by atoms with van der Waals surface area (Å²) in [4.78, 5) is 26.3. The molecule has 0 saturated carbocycles. The first-order chi connectivity index (χ1) is 13.5. The number of rotatable bonds is 6. The number of carbonyl (C=O) groups excluding carboxylic acids is 1. The van der Waals surface area contributed by atoms with E-state index in [0.29, 0.717) is 25.3 Å². The van der Waals surface area contributed by atoms with Gasteiger partial charge in [0.2, 0.25) is 5.91 Å². The van der Waals surface area contributed by atoms with Gasteiger partial charge in [0, 0.05) is 51.2 Å². The number of hydrogen-bond donors (Lipinski definition) is 0. The number of aryl methyl sites for hydroxylation is 2. The molecule has 0 radical (unpaired) electrons. The van der Waals surface area contributed by atoms with Crippen molar-refractivity contribution >= 4 is 5.91 Å². The van der Waals surface area contributed by atoms with E-state index in [4.69, 9.17) is 9.47 Å². The normalized spacial score (nSPS) is 14.8. The van der Waals surface area contributed by atoms with Crippen LogP contribution < -0.4 is 15.0 Å². The van der Waals surface area contributed by atoms with E-state index in [0.717, 1.165) is 36.3 Å². The minimum absolute atomic E-state index is 0.0390. The zero-order chi connectivity index (χ0) is 20.1. The lowest BCUT2D eigenvalue weighted by Gasteiger charge is -2.32. The summed E-state index contributed by atoms with van der Waals surface area (Å²) < 4.78 is 12.7. The number of piperidine rings is 1. The van der Waals surface area contributed by atoms with Crippen molar-refractivity contribution in [3.8, 4) is 11.5 Å². The van der Waals surface area contributed by atoms with Crippen molar-refractivity contribution in [2.75, 3.05) is 20.2 Å². The molecule has 1 fully saturated rings. The molecule has 6 nitrogen and oxygen atoms in total. The van der Waals surface area contributed by atoms with Crippen LogP contribution in [-0.4, -0.2) is 41.7 Å². The average molecular weight is 384 g/mol. The molecule has 0 aliphatic carbocycles. The van der Waals surface area contributed by atoms with Crippen molar-refractivity contribution in [2.45, 2.75) is 38.7 Å². The third-order valence-corrected chi connectivity index (χ3v) is 5.36. The summed E-state index contributed by atoms with van der Waals surface area (Å²) >= 11 is 0. The molecule has 1 saturated heterocycles. The zero-order valence-corrected chi connectivity index (χ0v) is 16.8. The largest absolute Gasteiger partial charge is 0.497 e. The Labute approximate surface area is 165 Å². The zero-order valence-electron chi connectivity index (χ0n) is 16.8. The minimum atomic E-state index is -0.0684. The van der Waals surface area contributed by atoms with Gasteiger partial charge >= 0.3 is 0 Å². The number of methoxy groups -OCH3 is 1. The number of aromatic nitrogens is 1. The molecule has 6 heteroatoms. The highest BCUT2D eigenvalue weighted by Gasteiger charge is 2.24. The van der Waals surface area contributed by atoms with Crippen LogP contribution in [-0.2, 0) is 18.3 Å². The van der Waals surface area contributed by atoms with Gasteiger partial charge in [0.25, 0.3) is 5.56 Å². The lowest BCUT2D eigenvalue weighted by atomic mass is 10.1. The molecule has 1 aromatic heterocycles. The van der Waals surface area contributed by atoms with Gasteiger partial charge in [0.05, 0.1) is 7.11 Å². The monoisotopic (exact) mass is 384 g/mol. The smallest absolute Gasteiger partial charge is 0.254 e. The first-order valence-electron chi connectivity index (χ1n) is 9.71. The van der Waals surface area contributed by atoms with Gasteiger partial charge in [-0.15, -0.1) is 0 Å². The van der Waals surface area contributed by atoms with Crippen LogP contribution in [0, 0.1) is 6.92 Å². The number of nitrogens with zero attached hydrogens (tertiary/aromatic N) is 2. The Morgan fingerprint density at radius 2 is 1.79 bits per heavy atom. The molecule has 1 amide bonds. The predicted octanol–water partition coefficient (Wildman–Crippen LogP) is 2.70. The third kappa shape index (κ3) is 4.94. The van der Waals surface area contributed by atoms with Gasteiger partial charge in [0.1, 0.15) is 17.6 Å². The van der Waals surface area contributed by atoms with Crippen LogP contribution in [0.15, 0.2) is 41.2 Å². The Hall–Kier alpha value is -2.76. The van der Waals surface area contributed by atoms with E-state index < -0.39 is 0 Å². The van der Waals surface area contributed by atoms with Crippen molar-refractivity contribution in [1.29, 1.82) is 0 Å². The van der Waals surface area contributed by atoms with Gasteiger partial charge in [-0.25, -0.2) is 0 Å². The van der Waals surface area contributed by atoms with Gasteiger partial charge in [-0.05, 0) is 37.1 Å². The predicted molar refractivity (Wildman–Crippen MR) is 108 cm³/mol. The number of carbonyl (C=O) groups is 1. The molecule has 150 valence electrons. The molecule has 0 bridgehead atoms. The third-order valence-electron chi connectivity index (χ3n) is 5.36. The summed E-state index contributed by atoms with van der Waals surface area (Å²) in [5.74, 6) is 1.62. The number of hydrogen-bond acceptors (Lipinski definition) is 4. The van der Waals surface area contributed by atoms with Crippen molar-refractivity contribution < 1.29 is 14.3 Å². The maximum atomic E-state index is 12.5. The van der Waals surface area contributed by atoms with Crippen LogP contribution in [0.1, 0.15) is 30.5 Å². The molecule has 28 heavy (non-hydrogen) atoms. The average Bonchev–Trinajstić information content (AvgIpc) is 2.71. The molecule has 1 aliphatic heterocycles. The molecular weight excluding hydrogens is 356 g/mol. The van der Waals surface area contributed by atoms with E-state index in [1.807, 2.05) is 42.2 Å². The summed E-state index contributed by atoms with van der Waals surface area (Å²) in [6.45, 7) is 3.27. The number of benzene rings is 1. The summed E-state index contributed by atoms with van der Waals surface area (Å²) in [5, 5.41) is 0. The first-order valence-corrected chi connectivity index (χ1v) is 9.71. The Balaban J connectivity index is 1.46. The van der Waals surface area contributed by atoms with Crippen LogP contribution in [0.4, 0.5) is 0 Å². The summed E-state index contributed by atoms with van der Waals surface area (Å²) in [6, 6.07) is 11.2. The topological polar surface area (TPSA) is 60.8 Å². The molecule has 0 atom stereocenters. The number of likely N-dealkylation sites (tertiary alicyclic amines) is 1. The van der Waals surface area contributed by atoms with Crippen LogP contribution in [0.5, 0.6) is 11.5 Å². The standard InChI is InChI=1S/C22H28N2O4/c1-16-14-20(15-22(26)23(16)2)28-19-10-12-24(13-11-19)21(25)9-6-17-4-7-18(27-3)8-5-17/h4-5,7-8,14-15,19H,6,9-13H2,1-3H3. The summed E-state index contributed by atoms with van der Waals surface area (Å²) in [5.41, 5.74) is 1.93. The summed E-state index contributed by atoms with van der Waals surface area (Å²) in [6.07, 6.45) is 2.83. The van der Waals surface area contributed by atoms with Crippen molar-refractivity contribution in [3.05, 3.63) is 58.0 Å². The van der Waals surface area contributed by atoms with Crippen molar-refractivity contribution in [1.82, 2.24) is 9.47 Å². The fourth-order valence-corrected chi connectivity index (χ4v) is 3.42. The van der Waals surface area contributed by atoms with Gasteiger partial charge in [-0.1, -0.05) is 12.1 Å². The molecule has 0 spiro atoms. The maximum Gasteiger partial charge on any atom is 0.254 e. The second kappa shape index (κ2) is 8.95. The molecule has 3 rings (SSSR count). The molecule has 2 heterocycles. The van der Waals surface area contributed by atoms with Crippen LogP contribution in [0.2, 0.25) is 0 Å². The Morgan fingerprint density at radius 3 is 2.39 bits per heavy atom. The Kier molecular flexibility index (Phi) is 6.39. The maximum absolute atomic E-state index is 12.5. The molecule has 2 aromatic rings. The van der Waals surface area contributed by atoms with Crippen LogP contribution in [0.25, 0.3) is 0 Å². The number of pyridine rings is 1. The lowest BCUT2D eigenvalue weighted by molar-refractivity contribution is -0.132. The van der Waals surface area contributed by atoms with Gasteiger partial charge in [-0.3, -0.25) is 9.59 Å². The second-order valence-corrected chi connectivity index (χ2v) is 7.28. The van der Waals surface area contributed by atoms with E-state index in [1.165, 1.54) is 6.07 Å². The molecule has 0 N–H and O–H groups in total. The molecule has 1 aliphatic rings. The highest BCUT2D eigenvalue weighted by atomic mass is 16.5. The van der Waals surface area contributed by atoms with Gasteiger partial charge in [0.15, 0.2) is 0 Å². The van der Waals surface area contributed by atoms with Gasteiger partial charge in [-0.2, -0.15) is 0 Å². The van der Waals surface area contributed by atoms with Crippen molar-refractivity contribution in [2.24, 2.45) is 7.05 Å². The van der Waals surface area contributed by atoms with E-state index in [2.05, 4.69) is 0 Å². The van der Waals surface area contributed by atoms with Crippen molar-refractivity contribution in [3.63, 3.8) is 0 Å². The molecule has 0 unspecified atom stereocenters. The van der Waals surface area contributed by atoms with E-state index in [1.54, 1.807) is 18.7 Å². The molecule has 1 aromatic carbocycles. The van der Waals surface area contributed by atoms with Crippen LogP contribution in [0.3, 0.4) is 0 Å². The first kappa shape index (κ1) is 20.0.